The molecule has 1 amide bonds. The summed E-state index contributed by atoms with van der Waals surface area (Å²) in [7, 11) is 1.41. The van der Waals surface area contributed by atoms with Gasteiger partial charge < -0.3 is 15.0 Å². The molecule has 1 saturated heterocycles. The van der Waals surface area contributed by atoms with Crippen molar-refractivity contribution in [3.05, 3.63) is 30.0 Å². The number of aromatic nitrogens is 2. The molecule has 32 heavy (non-hydrogen) atoms. The van der Waals surface area contributed by atoms with Crippen LogP contribution in [0, 0.1) is 17.2 Å². The van der Waals surface area contributed by atoms with Crippen molar-refractivity contribution >= 4 is 28.7 Å². The standard InChI is InChI=1S/C24H29N5O3/c1-32-24(31)16-11-13-29(14-12-16)22-21(27-19-9-5-6-10-20(19)28-22)18(15-25)23(30)26-17-7-3-2-4-8-17/h5-6,9-10,16-18H,2-4,7-8,11-14H2,1H3,(H,26,30)/t18-/m1/s1. The van der Waals surface area contributed by atoms with Gasteiger partial charge in [-0.05, 0) is 37.8 Å². The van der Waals surface area contributed by atoms with Gasteiger partial charge in [0.25, 0.3) is 0 Å². The van der Waals surface area contributed by atoms with Crippen molar-refractivity contribution < 1.29 is 14.3 Å². The van der Waals surface area contributed by atoms with Gasteiger partial charge >= 0.3 is 5.97 Å². The molecular weight excluding hydrogens is 406 g/mol. The lowest BCUT2D eigenvalue weighted by molar-refractivity contribution is -0.146. The number of piperidine rings is 1. The molecule has 8 heteroatoms. The number of ether oxygens (including phenoxy) is 1. The van der Waals surface area contributed by atoms with Crippen molar-refractivity contribution in [1.82, 2.24) is 15.3 Å². The third kappa shape index (κ3) is 4.67. The van der Waals surface area contributed by atoms with Crippen molar-refractivity contribution in [1.29, 1.82) is 5.26 Å². The highest BCUT2D eigenvalue weighted by Gasteiger charge is 2.33. The van der Waals surface area contributed by atoms with E-state index in [2.05, 4.69) is 11.4 Å². The van der Waals surface area contributed by atoms with Crippen LogP contribution in [0.1, 0.15) is 56.6 Å². The Morgan fingerprint density at radius 2 is 1.75 bits per heavy atom. The number of methoxy groups -OCH3 is 1. The lowest BCUT2D eigenvalue weighted by atomic mass is 9.94. The van der Waals surface area contributed by atoms with Crippen LogP contribution in [-0.4, -0.2) is 48.1 Å². The van der Waals surface area contributed by atoms with E-state index in [-0.39, 0.29) is 23.8 Å². The fourth-order valence-electron chi connectivity index (χ4n) is 4.70. The van der Waals surface area contributed by atoms with Gasteiger partial charge in [-0.15, -0.1) is 0 Å². The van der Waals surface area contributed by atoms with Crippen LogP contribution in [0.3, 0.4) is 0 Å². The third-order valence-electron chi connectivity index (χ3n) is 6.52. The van der Waals surface area contributed by atoms with E-state index >= 15 is 0 Å². The van der Waals surface area contributed by atoms with E-state index in [0.29, 0.717) is 48.5 Å². The number of benzene rings is 1. The van der Waals surface area contributed by atoms with Crippen molar-refractivity contribution in [3.8, 4) is 6.07 Å². The first-order valence-electron chi connectivity index (χ1n) is 11.4. The zero-order valence-corrected chi connectivity index (χ0v) is 18.4. The third-order valence-corrected chi connectivity index (χ3v) is 6.52. The Hall–Kier alpha value is -3.21. The van der Waals surface area contributed by atoms with Gasteiger partial charge in [0.1, 0.15) is 5.69 Å². The van der Waals surface area contributed by atoms with Crippen molar-refractivity contribution in [2.45, 2.75) is 56.9 Å². The molecule has 0 bridgehead atoms. The van der Waals surface area contributed by atoms with E-state index in [1.807, 2.05) is 29.2 Å². The number of amides is 1. The first-order valence-corrected chi connectivity index (χ1v) is 11.4. The summed E-state index contributed by atoms with van der Waals surface area (Å²) < 4.78 is 4.89. The molecule has 8 nitrogen and oxygen atoms in total. The fourth-order valence-corrected chi connectivity index (χ4v) is 4.70. The number of carbonyl (C=O) groups excluding carboxylic acids is 2. The van der Waals surface area contributed by atoms with E-state index in [4.69, 9.17) is 14.7 Å². The Bertz CT molecular complexity index is 1020. The second-order valence-electron chi connectivity index (χ2n) is 8.61. The number of carbonyl (C=O) groups is 2. The minimum Gasteiger partial charge on any atom is -0.469 e. The molecule has 0 spiro atoms. The second-order valence-corrected chi connectivity index (χ2v) is 8.61. The van der Waals surface area contributed by atoms with Gasteiger partial charge in [0, 0.05) is 19.1 Å². The average molecular weight is 436 g/mol. The van der Waals surface area contributed by atoms with Gasteiger partial charge in [-0.25, -0.2) is 9.97 Å². The van der Waals surface area contributed by atoms with E-state index in [0.717, 1.165) is 25.7 Å². The SMILES string of the molecule is COC(=O)C1CCN(c2nc3ccccc3nc2[C@@H](C#N)C(=O)NC2CCCCC2)CC1. The number of para-hydroxylation sites is 2. The van der Waals surface area contributed by atoms with Crippen LogP contribution in [0.2, 0.25) is 0 Å². The molecule has 168 valence electrons. The topological polar surface area (TPSA) is 108 Å². The summed E-state index contributed by atoms with van der Waals surface area (Å²) in [6, 6.07) is 9.76. The lowest BCUT2D eigenvalue weighted by Gasteiger charge is -2.33. The molecule has 0 radical (unpaired) electrons. The Labute approximate surface area is 188 Å². The number of nitrogens with zero attached hydrogens (tertiary/aromatic N) is 4. The van der Waals surface area contributed by atoms with Gasteiger partial charge in [0.2, 0.25) is 5.91 Å². The predicted molar refractivity (Wildman–Crippen MR) is 120 cm³/mol. The maximum Gasteiger partial charge on any atom is 0.308 e. The smallest absolute Gasteiger partial charge is 0.308 e. The van der Waals surface area contributed by atoms with E-state index in [1.165, 1.54) is 13.5 Å². The molecule has 2 heterocycles. The first-order chi connectivity index (χ1) is 15.6. The molecule has 1 aromatic carbocycles. The van der Waals surface area contributed by atoms with Crippen LogP contribution in [0.4, 0.5) is 5.82 Å². The number of hydrogen-bond donors (Lipinski definition) is 1. The summed E-state index contributed by atoms with van der Waals surface area (Å²) in [5.74, 6) is -1.14. The van der Waals surface area contributed by atoms with Crippen LogP contribution < -0.4 is 10.2 Å². The maximum atomic E-state index is 13.1. The number of nitriles is 1. The summed E-state index contributed by atoms with van der Waals surface area (Å²) >= 11 is 0. The summed E-state index contributed by atoms with van der Waals surface area (Å²) in [5, 5.41) is 13.0. The van der Waals surface area contributed by atoms with Crippen LogP contribution in [0.25, 0.3) is 11.0 Å². The zero-order chi connectivity index (χ0) is 22.5. The van der Waals surface area contributed by atoms with Crippen molar-refractivity contribution in [2.75, 3.05) is 25.1 Å². The average Bonchev–Trinajstić information content (AvgIpc) is 2.84. The number of anilines is 1. The largest absolute Gasteiger partial charge is 0.469 e. The molecule has 1 aliphatic carbocycles. The predicted octanol–water partition coefficient (Wildman–Crippen LogP) is 3.08. The monoisotopic (exact) mass is 435 g/mol. The minimum absolute atomic E-state index is 0.111. The number of hydrogen-bond acceptors (Lipinski definition) is 7. The van der Waals surface area contributed by atoms with Gasteiger partial charge in [0.05, 0.1) is 30.1 Å². The van der Waals surface area contributed by atoms with Crippen molar-refractivity contribution in [2.24, 2.45) is 5.92 Å². The zero-order valence-electron chi connectivity index (χ0n) is 18.4. The first kappa shape index (κ1) is 22.0. The van der Waals surface area contributed by atoms with Crippen molar-refractivity contribution in [3.63, 3.8) is 0 Å². The van der Waals surface area contributed by atoms with Gasteiger partial charge in [0.15, 0.2) is 11.7 Å². The Kier molecular flexibility index (Phi) is 6.84. The summed E-state index contributed by atoms with van der Waals surface area (Å²) in [5.41, 5.74) is 1.75. The maximum absolute atomic E-state index is 13.1. The van der Waals surface area contributed by atoms with E-state index in [1.54, 1.807) is 0 Å². The second kappa shape index (κ2) is 9.94. The highest BCUT2D eigenvalue weighted by Crippen LogP contribution is 2.31. The fraction of sp³-hybridized carbons (Fsp3) is 0.542. The summed E-state index contributed by atoms with van der Waals surface area (Å²) in [6.07, 6.45) is 6.53. The van der Waals surface area contributed by atoms with E-state index in [9.17, 15) is 14.9 Å². The van der Waals surface area contributed by atoms with Gasteiger partial charge in [-0.3, -0.25) is 9.59 Å². The molecule has 1 aromatic heterocycles. The molecular formula is C24H29N5O3. The molecule has 2 aliphatic rings. The molecule has 1 N–H and O–H groups in total. The van der Waals surface area contributed by atoms with E-state index < -0.39 is 5.92 Å². The number of fused-ring (bicyclic) bond motifs is 1. The minimum atomic E-state index is -1.04. The molecule has 4 rings (SSSR count). The molecule has 2 fully saturated rings. The quantitative estimate of drug-likeness (QED) is 0.719. The summed E-state index contributed by atoms with van der Waals surface area (Å²) in [6.45, 7) is 1.17. The molecule has 0 unspecified atom stereocenters. The lowest BCUT2D eigenvalue weighted by Crippen LogP contribution is -2.41. The molecule has 2 aromatic rings. The van der Waals surface area contributed by atoms with Crippen LogP contribution in [-0.2, 0) is 14.3 Å². The Morgan fingerprint density at radius 3 is 2.38 bits per heavy atom. The highest BCUT2D eigenvalue weighted by atomic mass is 16.5. The molecule has 1 aliphatic heterocycles. The van der Waals surface area contributed by atoms with Crippen LogP contribution in [0.15, 0.2) is 24.3 Å². The number of nitrogens with one attached hydrogen (secondary N) is 1. The summed E-state index contributed by atoms with van der Waals surface area (Å²) in [4.78, 5) is 36.6. The number of rotatable bonds is 5. The van der Waals surface area contributed by atoms with Gasteiger partial charge in [-0.1, -0.05) is 31.4 Å². The molecule has 1 atom stereocenters. The normalized spacial score (nSPS) is 18.7. The van der Waals surface area contributed by atoms with Crippen LogP contribution >= 0.6 is 0 Å². The van der Waals surface area contributed by atoms with Gasteiger partial charge in [-0.2, -0.15) is 5.26 Å². The van der Waals surface area contributed by atoms with Crippen LogP contribution in [0.5, 0.6) is 0 Å². The molecule has 1 saturated carbocycles. The Balaban J connectivity index is 1.64. The highest BCUT2D eigenvalue weighted by molar-refractivity contribution is 5.89. The number of esters is 1. The Morgan fingerprint density at radius 1 is 1.09 bits per heavy atom.